The lowest BCUT2D eigenvalue weighted by atomic mass is 10.0. The Morgan fingerprint density at radius 2 is 1.73 bits per heavy atom. The van der Waals surface area contributed by atoms with E-state index in [1.807, 2.05) is 17.1 Å². The molecule has 2 atom stereocenters. The molecule has 0 spiro atoms. The third-order valence-corrected chi connectivity index (χ3v) is 5.54. The summed E-state index contributed by atoms with van der Waals surface area (Å²) < 4.78 is 21.7. The monoisotopic (exact) mass is 404 g/mol. The second kappa shape index (κ2) is 7.87. The van der Waals surface area contributed by atoms with Gasteiger partial charge in [-0.15, -0.1) is 0 Å². The summed E-state index contributed by atoms with van der Waals surface area (Å²) in [4.78, 5) is 17.2. The molecule has 0 amide bonds. The number of rotatable bonds is 7. The van der Waals surface area contributed by atoms with Gasteiger partial charge in [0.15, 0.2) is 11.6 Å². The van der Waals surface area contributed by atoms with E-state index in [4.69, 9.17) is 4.74 Å². The van der Waals surface area contributed by atoms with E-state index in [2.05, 4.69) is 31.1 Å². The van der Waals surface area contributed by atoms with Gasteiger partial charge in [-0.25, -0.2) is 24.3 Å². The van der Waals surface area contributed by atoms with Gasteiger partial charge in [0.1, 0.15) is 5.82 Å². The summed E-state index contributed by atoms with van der Waals surface area (Å²) >= 11 is 0. The van der Waals surface area contributed by atoms with E-state index in [1.54, 1.807) is 37.8 Å². The Kier molecular flexibility index (Phi) is 4.92. The molecule has 1 aliphatic rings. The van der Waals surface area contributed by atoms with Crippen LogP contribution in [0.2, 0.25) is 0 Å². The molecule has 152 valence electrons. The molecule has 3 aromatic heterocycles. The van der Waals surface area contributed by atoms with Crippen molar-refractivity contribution < 1.29 is 9.13 Å². The molecule has 1 aliphatic carbocycles. The molecule has 0 bridgehead atoms. The molecule has 0 unspecified atom stereocenters. The maximum Gasteiger partial charge on any atom is 0.197 e. The molecule has 1 saturated carbocycles. The highest BCUT2D eigenvalue weighted by Gasteiger charge is 2.40. The van der Waals surface area contributed by atoms with Crippen LogP contribution >= 0.6 is 0 Å². The van der Waals surface area contributed by atoms with E-state index < -0.39 is 0 Å². The normalized spacial score (nSPS) is 18.1. The number of nitrogens with zero attached hydrogens (tertiary/aromatic N) is 6. The zero-order chi connectivity index (χ0) is 20.5. The smallest absolute Gasteiger partial charge is 0.197 e. The Morgan fingerprint density at radius 1 is 1.00 bits per heavy atom. The van der Waals surface area contributed by atoms with Gasteiger partial charge < -0.3 is 4.74 Å². The summed E-state index contributed by atoms with van der Waals surface area (Å²) in [5.41, 5.74) is 2.88. The zero-order valence-electron chi connectivity index (χ0n) is 16.6. The number of fused-ring (bicyclic) bond motifs is 1. The number of aromatic nitrogens is 6. The fourth-order valence-electron chi connectivity index (χ4n) is 3.90. The summed E-state index contributed by atoms with van der Waals surface area (Å²) in [5.74, 6) is 1.33. The Bertz CT molecular complexity index is 1160. The van der Waals surface area contributed by atoms with Gasteiger partial charge in [-0.1, -0.05) is 0 Å². The number of methoxy groups -OCH3 is 1. The number of hydrogen-bond acceptors (Lipinski definition) is 6. The van der Waals surface area contributed by atoms with Crippen LogP contribution in [-0.2, 0) is 11.3 Å². The van der Waals surface area contributed by atoms with Gasteiger partial charge in [-0.05, 0) is 54.0 Å². The summed E-state index contributed by atoms with van der Waals surface area (Å²) in [6.45, 7) is 1.35. The molecule has 3 heterocycles. The van der Waals surface area contributed by atoms with E-state index in [0.717, 1.165) is 29.5 Å². The highest BCUT2D eigenvalue weighted by molar-refractivity contribution is 5.80. The number of hydrogen-bond donors (Lipinski definition) is 0. The predicted octanol–water partition coefficient (Wildman–Crippen LogP) is 3.73. The largest absolute Gasteiger partial charge is 0.385 e. The molecule has 1 fully saturated rings. The van der Waals surface area contributed by atoms with Crippen LogP contribution < -0.4 is 0 Å². The predicted molar refractivity (Wildman–Crippen MR) is 109 cm³/mol. The highest BCUT2D eigenvalue weighted by Crippen LogP contribution is 2.54. The van der Waals surface area contributed by atoms with Crippen molar-refractivity contribution in [1.82, 2.24) is 29.7 Å². The lowest BCUT2D eigenvalue weighted by Crippen LogP contribution is -2.03. The number of benzene rings is 1. The van der Waals surface area contributed by atoms with E-state index in [0.29, 0.717) is 30.2 Å². The fraction of sp³-hybridized carbons (Fsp3) is 0.318. The van der Waals surface area contributed by atoms with Gasteiger partial charge in [-0.3, -0.25) is 4.68 Å². The molecular formula is C22H21FN6O. The molecular weight excluding hydrogens is 383 g/mol. The van der Waals surface area contributed by atoms with Crippen LogP contribution in [0.25, 0.3) is 22.6 Å². The van der Waals surface area contributed by atoms with Gasteiger partial charge in [0, 0.05) is 45.0 Å². The summed E-state index contributed by atoms with van der Waals surface area (Å²) in [6, 6.07) is 5.46. The first-order chi connectivity index (χ1) is 14.7. The maximum atomic E-state index is 14.7. The van der Waals surface area contributed by atoms with Gasteiger partial charge >= 0.3 is 0 Å². The van der Waals surface area contributed by atoms with Crippen molar-refractivity contribution in [2.24, 2.45) is 0 Å². The minimum atomic E-state index is -0.223. The molecule has 7 nitrogen and oxygen atoms in total. The van der Waals surface area contributed by atoms with Crippen LogP contribution in [0.1, 0.15) is 35.8 Å². The van der Waals surface area contributed by atoms with Crippen molar-refractivity contribution in [1.29, 1.82) is 0 Å². The van der Waals surface area contributed by atoms with Crippen LogP contribution in [0.5, 0.6) is 0 Å². The van der Waals surface area contributed by atoms with E-state index >= 15 is 0 Å². The Morgan fingerprint density at radius 3 is 2.50 bits per heavy atom. The Balaban J connectivity index is 1.36. The van der Waals surface area contributed by atoms with Gasteiger partial charge in [0.2, 0.25) is 0 Å². The first-order valence-electron chi connectivity index (χ1n) is 9.98. The average molecular weight is 404 g/mol. The van der Waals surface area contributed by atoms with Crippen molar-refractivity contribution in [2.75, 3.05) is 13.7 Å². The van der Waals surface area contributed by atoms with E-state index in [1.165, 1.54) is 0 Å². The van der Waals surface area contributed by atoms with E-state index in [-0.39, 0.29) is 17.7 Å². The fourth-order valence-corrected chi connectivity index (χ4v) is 3.90. The SMILES string of the molecule is COCCCn1ncc2c(F)cc([C@@H]3C[C@H]3c3cnc(-c4ncccn4)nc3)cc21. The molecule has 4 aromatic rings. The van der Waals surface area contributed by atoms with Crippen LogP contribution in [0, 0.1) is 5.82 Å². The molecule has 0 saturated heterocycles. The van der Waals surface area contributed by atoms with Gasteiger partial charge in [-0.2, -0.15) is 5.10 Å². The lowest BCUT2D eigenvalue weighted by Gasteiger charge is -2.07. The molecule has 8 heteroatoms. The minimum absolute atomic E-state index is 0.223. The van der Waals surface area contributed by atoms with Crippen molar-refractivity contribution in [3.05, 3.63) is 66.1 Å². The molecule has 0 aliphatic heterocycles. The summed E-state index contributed by atoms with van der Waals surface area (Å²) in [6.07, 6.45) is 10.4. The zero-order valence-corrected chi connectivity index (χ0v) is 16.6. The topological polar surface area (TPSA) is 78.6 Å². The number of aryl methyl sites for hydroxylation is 1. The maximum absolute atomic E-state index is 14.7. The lowest BCUT2D eigenvalue weighted by molar-refractivity contribution is 0.189. The average Bonchev–Trinajstić information content (AvgIpc) is 3.49. The standard InChI is InChI=1S/C22H21FN6O/c1-30-7-3-6-29-20-9-14(8-19(23)18(20)13-28-29)16-10-17(16)15-11-26-22(27-12-15)21-24-4-2-5-25-21/h2,4-5,8-9,11-13,16-17H,3,6-7,10H2,1H3/t16-,17-/m0/s1. The third-order valence-electron chi connectivity index (χ3n) is 5.54. The van der Waals surface area contributed by atoms with Crippen LogP contribution in [0.15, 0.2) is 49.2 Å². The highest BCUT2D eigenvalue weighted by atomic mass is 19.1. The second-order valence-electron chi connectivity index (χ2n) is 7.51. The molecule has 5 rings (SSSR count). The third kappa shape index (κ3) is 3.54. The van der Waals surface area contributed by atoms with Crippen molar-refractivity contribution in [2.45, 2.75) is 31.2 Å². The Hall–Kier alpha value is -3.26. The second-order valence-corrected chi connectivity index (χ2v) is 7.51. The van der Waals surface area contributed by atoms with Crippen molar-refractivity contribution in [3.8, 4) is 11.6 Å². The molecule has 0 N–H and O–H groups in total. The summed E-state index contributed by atoms with van der Waals surface area (Å²) in [5, 5.41) is 4.91. The van der Waals surface area contributed by atoms with Gasteiger partial charge in [0.05, 0.1) is 17.1 Å². The summed E-state index contributed by atoms with van der Waals surface area (Å²) in [7, 11) is 1.68. The Labute approximate surface area is 173 Å². The number of halogens is 1. The quantitative estimate of drug-likeness (QED) is 0.437. The first-order valence-corrected chi connectivity index (χ1v) is 9.98. The van der Waals surface area contributed by atoms with E-state index in [9.17, 15) is 4.39 Å². The molecule has 1 aromatic carbocycles. The minimum Gasteiger partial charge on any atom is -0.385 e. The molecule has 30 heavy (non-hydrogen) atoms. The van der Waals surface area contributed by atoms with Gasteiger partial charge in [0.25, 0.3) is 0 Å². The van der Waals surface area contributed by atoms with Crippen LogP contribution in [0.4, 0.5) is 4.39 Å². The molecule has 0 radical (unpaired) electrons. The van der Waals surface area contributed by atoms with Crippen LogP contribution in [-0.4, -0.2) is 43.4 Å². The number of ether oxygens (including phenoxy) is 1. The van der Waals surface area contributed by atoms with Crippen LogP contribution in [0.3, 0.4) is 0 Å². The van der Waals surface area contributed by atoms with Crippen molar-refractivity contribution in [3.63, 3.8) is 0 Å². The first kappa shape index (κ1) is 18.7. The van der Waals surface area contributed by atoms with Crippen molar-refractivity contribution >= 4 is 10.9 Å².